The normalized spacial score (nSPS) is 19.3. The summed E-state index contributed by atoms with van der Waals surface area (Å²) < 4.78 is 0. The minimum atomic E-state index is -0.0411. The van der Waals surface area contributed by atoms with E-state index in [1.54, 1.807) is 0 Å². The third-order valence-electron chi connectivity index (χ3n) is 22.1. The Hall–Kier alpha value is -6.78. The van der Waals surface area contributed by atoms with Gasteiger partial charge in [-0.2, -0.15) is 0 Å². The molecule has 0 unspecified atom stereocenters. The van der Waals surface area contributed by atoms with E-state index < -0.39 is 0 Å². The van der Waals surface area contributed by atoms with Crippen molar-refractivity contribution in [3.8, 4) is 11.1 Å². The van der Waals surface area contributed by atoms with Crippen molar-refractivity contribution in [3.05, 3.63) is 201 Å². The summed E-state index contributed by atoms with van der Waals surface area (Å²) in [6.45, 7) is 41.7. The Balaban J connectivity index is 1.17. The third-order valence-corrected chi connectivity index (χ3v) is 22.1. The number of nitrogens with zero attached hydrogens (tertiary/aromatic N) is 3. The van der Waals surface area contributed by atoms with Crippen LogP contribution in [0.25, 0.3) is 11.1 Å². The highest BCUT2D eigenvalue weighted by Crippen LogP contribution is 2.57. The fraction of sp³-hybridized carbons (Fsp3) is 0.392. The number of rotatable bonds is 5. The van der Waals surface area contributed by atoms with Crippen molar-refractivity contribution in [3.63, 3.8) is 0 Å². The van der Waals surface area contributed by atoms with Crippen LogP contribution in [0.3, 0.4) is 0 Å². The van der Waals surface area contributed by atoms with Crippen molar-refractivity contribution in [2.24, 2.45) is 0 Å². The molecule has 4 heteroatoms. The smallest absolute Gasteiger partial charge is 0.252 e. The summed E-state index contributed by atoms with van der Waals surface area (Å²) in [6.07, 6.45) is 7.88. The number of hydrogen-bond acceptors (Lipinski definition) is 3. The van der Waals surface area contributed by atoms with Gasteiger partial charge in [-0.3, -0.25) is 0 Å². The van der Waals surface area contributed by atoms with Gasteiger partial charge in [0.15, 0.2) is 0 Å². The van der Waals surface area contributed by atoms with Crippen LogP contribution in [-0.4, -0.2) is 6.71 Å². The van der Waals surface area contributed by atoms with Gasteiger partial charge in [0.05, 0.1) is 11.4 Å². The molecule has 0 atom stereocenters. The molecule has 2 aliphatic heterocycles. The lowest BCUT2D eigenvalue weighted by molar-refractivity contribution is 0.332. The molecule has 8 aromatic carbocycles. The zero-order chi connectivity index (χ0) is 58.5. The quantitative estimate of drug-likeness (QED) is 0.159. The summed E-state index contributed by atoms with van der Waals surface area (Å²) >= 11 is 0. The molecule has 422 valence electrons. The van der Waals surface area contributed by atoms with Gasteiger partial charge in [-0.05, 0) is 234 Å². The number of aryl methyl sites for hydroxylation is 2. The second-order valence-corrected chi connectivity index (χ2v) is 31.5. The van der Waals surface area contributed by atoms with Crippen LogP contribution in [0.2, 0.25) is 0 Å². The van der Waals surface area contributed by atoms with E-state index in [1.807, 2.05) is 0 Å². The highest BCUT2D eigenvalue weighted by molar-refractivity contribution is 7.00. The highest BCUT2D eigenvalue weighted by atomic mass is 15.2. The van der Waals surface area contributed by atoms with E-state index >= 15 is 0 Å². The summed E-state index contributed by atoms with van der Waals surface area (Å²) in [7, 11) is 0. The maximum atomic E-state index is 2.79. The van der Waals surface area contributed by atoms with Crippen LogP contribution in [0.4, 0.5) is 51.2 Å². The van der Waals surface area contributed by atoms with Crippen LogP contribution in [0, 0.1) is 13.8 Å². The first kappa shape index (κ1) is 54.2. The Labute approximate surface area is 498 Å². The lowest BCUT2D eigenvalue weighted by atomic mass is 9.32. The average Bonchev–Trinajstić information content (AvgIpc) is 1.13. The van der Waals surface area contributed by atoms with Gasteiger partial charge in [0.1, 0.15) is 0 Å². The van der Waals surface area contributed by atoms with Gasteiger partial charge in [0, 0.05) is 45.4 Å². The van der Waals surface area contributed by atoms with Gasteiger partial charge < -0.3 is 14.7 Å². The fourth-order valence-corrected chi connectivity index (χ4v) is 16.4. The molecule has 0 aromatic heterocycles. The summed E-state index contributed by atoms with van der Waals surface area (Å²) in [5.41, 5.74) is 34.0. The molecule has 0 radical (unpaired) electrons. The topological polar surface area (TPSA) is 9.72 Å². The van der Waals surface area contributed by atoms with Gasteiger partial charge >= 0.3 is 0 Å². The fourth-order valence-electron chi connectivity index (χ4n) is 16.4. The molecule has 4 aliphatic carbocycles. The lowest BCUT2D eigenvalue weighted by Gasteiger charge is -2.49. The van der Waals surface area contributed by atoms with Gasteiger partial charge in [0.25, 0.3) is 6.71 Å². The zero-order valence-corrected chi connectivity index (χ0v) is 53.1. The molecule has 0 spiro atoms. The molecule has 8 aromatic rings. The second-order valence-electron chi connectivity index (χ2n) is 31.5. The van der Waals surface area contributed by atoms with E-state index in [2.05, 4.69) is 272 Å². The summed E-state index contributed by atoms with van der Waals surface area (Å²) in [5, 5.41) is 0. The van der Waals surface area contributed by atoms with E-state index in [9.17, 15) is 0 Å². The first-order valence-corrected chi connectivity index (χ1v) is 31.5. The molecule has 0 saturated carbocycles. The second kappa shape index (κ2) is 17.9. The summed E-state index contributed by atoms with van der Waals surface area (Å²) in [4.78, 5) is 8.15. The maximum Gasteiger partial charge on any atom is 0.252 e. The van der Waals surface area contributed by atoms with Crippen LogP contribution in [0.15, 0.2) is 140 Å². The van der Waals surface area contributed by atoms with Gasteiger partial charge in [-0.1, -0.05) is 189 Å². The molecule has 6 aliphatic rings. The maximum absolute atomic E-state index is 2.79. The number of hydrogen-bond donors (Lipinski definition) is 0. The molecular formula is C79H88BN3. The van der Waals surface area contributed by atoms with Crippen molar-refractivity contribution >= 4 is 74.3 Å². The minimum Gasteiger partial charge on any atom is -0.311 e. The van der Waals surface area contributed by atoms with Crippen molar-refractivity contribution in [2.45, 2.75) is 201 Å². The SMILES string of the molecule is Cc1ccccc1N(c1cc2c3c(c1)N(c1cccc4c1-c1ccc(C(C)(C)C)cc1C4)c1cc4c(cc1B3c1cc3c(cc1N2c1ccc2c(c1)C(C)(C)CCC2(C)C)C(C)(C)CCC3(C)C)C(C)(C)CCC4(C)C)c1ccccc1C. The first-order valence-electron chi connectivity index (χ1n) is 31.5. The lowest BCUT2D eigenvalue weighted by Crippen LogP contribution is -2.62. The highest BCUT2D eigenvalue weighted by Gasteiger charge is 2.50. The predicted octanol–water partition coefficient (Wildman–Crippen LogP) is 19.8. The Kier molecular flexibility index (Phi) is 11.7. The molecule has 83 heavy (non-hydrogen) atoms. The van der Waals surface area contributed by atoms with Crippen LogP contribution in [-0.2, 0) is 44.3 Å². The van der Waals surface area contributed by atoms with E-state index in [1.165, 1.54) is 141 Å². The summed E-state index contributed by atoms with van der Waals surface area (Å²) in [5.74, 6) is 0. The van der Waals surface area contributed by atoms with Crippen molar-refractivity contribution in [1.82, 2.24) is 0 Å². The Morgan fingerprint density at radius 2 is 0.880 bits per heavy atom. The molecule has 0 saturated heterocycles. The predicted molar refractivity (Wildman–Crippen MR) is 357 cm³/mol. The van der Waals surface area contributed by atoms with Gasteiger partial charge in [-0.15, -0.1) is 0 Å². The number of benzene rings is 8. The zero-order valence-electron chi connectivity index (χ0n) is 53.1. The van der Waals surface area contributed by atoms with Crippen molar-refractivity contribution in [2.75, 3.05) is 14.7 Å². The van der Waals surface area contributed by atoms with Gasteiger partial charge in [0.2, 0.25) is 0 Å². The Morgan fingerprint density at radius 3 is 1.40 bits per heavy atom. The van der Waals surface area contributed by atoms with Crippen molar-refractivity contribution in [1.29, 1.82) is 0 Å². The monoisotopic (exact) mass is 1090 g/mol. The summed E-state index contributed by atoms with van der Waals surface area (Å²) in [6, 6.07) is 56.5. The van der Waals surface area contributed by atoms with E-state index in [0.717, 1.165) is 44.2 Å². The molecule has 14 rings (SSSR count). The van der Waals surface area contributed by atoms with E-state index in [-0.39, 0.29) is 44.6 Å². The van der Waals surface area contributed by atoms with E-state index in [0.29, 0.717) is 0 Å². The van der Waals surface area contributed by atoms with Crippen LogP contribution < -0.4 is 31.1 Å². The number of para-hydroxylation sites is 2. The molecule has 0 N–H and O–H groups in total. The Morgan fingerprint density at radius 1 is 0.410 bits per heavy atom. The average molecular weight is 1090 g/mol. The van der Waals surface area contributed by atoms with Crippen LogP contribution >= 0.6 is 0 Å². The van der Waals surface area contributed by atoms with Crippen LogP contribution in [0.5, 0.6) is 0 Å². The molecule has 0 fully saturated rings. The largest absolute Gasteiger partial charge is 0.311 e. The molecule has 3 nitrogen and oxygen atoms in total. The molecule has 0 amide bonds. The van der Waals surface area contributed by atoms with E-state index in [4.69, 9.17) is 0 Å². The molecule has 2 heterocycles. The first-order chi connectivity index (χ1) is 39.1. The standard InChI is InChI=1S/C79H88BN3/c1-48-23-18-20-26-64(48)82(65-27-21-19-24-49(65)2)54-42-69-72-70(43-54)83(66-28-22-25-50-39-51-40-52(73(3,4)5)29-31-55(51)71(50)66)68-47-61-59(77(12,13)36-38-79(61,16)17)45-63(68)80(72)62-44-58-60(78(14,15)37-35-76(58,10)11)46-67(62)81(69)53-30-32-56-57(41-53)75(8,9)34-33-74(56,6)7/h18-32,40-47H,33-39H2,1-17H3. The molecule has 0 bridgehead atoms. The Bertz CT molecular complexity index is 4010. The van der Waals surface area contributed by atoms with Crippen molar-refractivity contribution < 1.29 is 0 Å². The number of fused-ring (bicyclic) bond motifs is 10. The molecular weight excluding hydrogens is 1000 g/mol. The van der Waals surface area contributed by atoms with Crippen LogP contribution in [0.1, 0.15) is 204 Å². The third kappa shape index (κ3) is 8.17. The minimum absolute atomic E-state index is 0.000748. The number of anilines is 9. The van der Waals surface area contributed by atoms with Gasteiger partial charge in [-0.25, -0.2) is 0 Å².